The highest BCUT2D eigenvalue weighted by Crippen LogP contribution is 2.24. The summed E-state index contributed by atoms with van der Waals surface area (Å²) in [5.74, 6) is -4.16. The van der Waals surface area contributed by atoms with Crippen LogP contribution in [-0.4, -0.2) is 28.5 Å². The maximum atomic E-state index is 12.3. The van der Waals surface area contributed by atoms with E-state index in [2.05, 4.69) is 14.3 Å². The van der Waals surface area contributed by atoms with Gasteiger partial charge >= 0.3 is 12.3 Å². The first-order chi connectivity index (χ1) is 6.93. The summed E-state index contributed by atoms with van der Waals surface area (Å²) in [7, 11) is 0. The summed E-state index contributed by atoms with van der Waals surface area (Å²) in [6.45, 7) is -1.74. The molecule has 0 spiro atoms. The van der Waals surface area contributed by atoms with Crippen molar-refractivity contribution in [3.8, 4) is 0 Å². The zero-order valence-electron chi connectivity index (χ0n) is 7.09. The molecule has 0 aromatic carbocycles. The Bertz CT molecular complexity index is 322. The summed E-state index contributed by atoms with van der Waals surface area (Å²) < 4.78 is 56.0. The molecule has 0 unspecified atom stereocenters. The van der Waals surface area contributed by atoms with E-state index in [1.807, 2.05) is 0 Å². The molecule has 0 saturated heterocycles. The van der Waals surface area contributed by atoms with Crippen molar-refractivity contribution in [1.29, 1.82) is 0 Å². The molecule has 1 aromatic heterocycles. The van der Waals surface area contributed by atoms with Gasteiger partial charge in [0, 0.05) is 11.5 Å². The monoisotopic (exact) mass is 264 g/mol. The molecule has 9 heteroatoms. The zero-order valence-corrected chi connectivity index (χ0v) is 8.66. The third-order valence-corrected chi connectivity index (χ3v) is 2.35. The summed E-state index contributed by atoms with van der Waals surface area (Å²) in [6.07, 6.45) is -3.75. The number of hydrogen-bond acceptors (Lipinski definition) is 4. The highest BCUT2D eigenvalue weighted by Gasteiger charge is 2.41. The van der Waals surface area contributed by atoms with Gasteiger partial charge in [-0.2, -0.15) is 8.78 Å². The lowest BCUT2D eigenvalue weighted by molar-refractivity contribution is -0.168. The van der Waals surface area contributed by atoms with Gasteiger partial charge in [0.2, 0.25) is 0 Å². The zero-order chi connectivity index (χ0) is 11.5. The van der Waals surface area contributed by atoms with Crippen molar-refractivity contribution in [2.75, 3.05) is 6.61 Å². The Hall–Kier alpha value is -0.470. The number of aromatic nitrogens is 2. The van der Waals surface area contributed by atoms with Gasteiger partial charge < -0.3 is 4.74 Å². The van der Waals surface area contributed by atoms with Crippen LogP contribution in [0.1, 0.15) is 5.69 Å². The van der Waals surface area contributed by atoms with Gasteiger partial charge in [0.25, 0.3) is 0 Å². The van der Waals surface area contributed by atoms with Crippen LogP contribution >= 0.6 is 23.1 Å². The molecular formula is C6H5ClF4N2OS. The molecule has 3 nitrogen and oxygen atoms in total. The highest BCUT2D eigenvalue weighted by molar-refractivity contribution is 7.10. The number of halogens is 5. The Morgan fingerprint density at radius 1 is 1.47 bits per heavy atom. The minimum atomic E-state index is -4.16. The lowest BCUT2D eigenvalue weighted by atomic mass is 10.4. The van der Waals surface area contributed by atoms with E-state index in [-0.39, 0.29) is 16.6 Å². The molecule has 0 atom stereocenters. The van der Waals surface area contributed by atoms with Crippen LogP contribution in [0.5, 0.6) is 0 Å². The summed E-state index contributed by atoms with van der Waals surface area (Å²) >= 11 is 6.39. The molecule has 0 aliphatic rings. The normalized spacial score (nSPS) is 12.4. The van der Waals surface area contributed by atoms with E-state index < -0.39 is 19.0 Å². The fourth-order valence-corrected chi connectivity index (χ4v) is 1.23. The molecule has 1 aromatic rings. The lowest BCUT2D eigenvalue weighted by Crippen LogP contribution is -2.32. The van der Waals surface area contributed by atoms with Crippen molar-refractivity contribution in [3.63, 3.8) is 0 Å². The molecule has 0 saturated carbocycles. The lowest BCUT2D eigenvalue weighted by Gasteiger charge is -2.14. The Kier molecular flexibility index (Phi) is 4.23. The van der Waals surface area contributed by atoms with Crippen molar-refractivity contribution in [2.45, 2.75) is 19.0 Å². The molecule has 0 amide bonds. The van der Waals surface area contributed by atoms with Gasteiger partial charge in [-0.1, -0.05) is 16.1 Å². The highest BCUT2D eigenvalue weighted by atomic mass is 35.5. The summed E-state index contributed by atoms with van der Waals surface area (Å²) in [6, 6.07) is 0. The van der Waals surface area contributed by atoms with Crippen LogP contribution in [0, 0.1) is 0 Å². The SMILES string of the molecule is FC(F)C(F)(F)COCc1nnsc1Cl. The first-order valence-electron chi connectivity index (χ1n) is 3.64. The van der Waals surface area contributed by atoms with Crippen LogP contribution < -0.4 is 0 Å². The molecule has 0 radical (unpaired) electrons. The number of hydrogen-bond donors (Lipinski definition) is 0. The van der Waals surface area contributed by atoms with Gasteiger partial charge in [-0.3, -0.25) is 0 Å². The van der Waals surface area contributed by atoms with Gasteiger partial charge in [-0.15, -0.1) is 5.10 Å². The predicted molar refractivity (Wildman–Crippen MR) is 45.5 cm³/mol. The Balaban J connectivity index is 2.37. The summed E-state index contributed by atoms with van der Waals surface area (Å²) in [5, 5.41) is 3.46. The topological polar surface area (TPSA) is 35.0 Å². The largest absolute Gasteiger partial charge is 0.369 e. The number of ether oxygens (including phenoxy) is 1. The van der Waals surface area contributed by atoms with Crippen molar-refractivity contribution < 1.29 is 22.3 Å². The molecule has 0 fully saturated rings. The number of nitrogens with zero attached hydrogens (tertiary/aromatic N) is 2. The second-order valence-corrected chi connectivity index (χ2v) is 3.90. The minimum absolute atomic E-state index is 0.159. The van der Waals surface area contributed by atoms with E-state index in [9.17, 15) is 17.6 Å². The van der Waals surface area contributed by atoms with Gasteiger partial charge in [0.1, 0.15) is 16.6 Å². The molecule has 0 aliphatic carbocycles. The predicted octanol–water partition coefficient (Wildman–Crippen LogP) is 2.61. The molecular weight excluding hydrogens is 260 g/mol. The van der Waals surface area contributed by atoms with Crippen LogP contribution in [0.25, 0.3) is 0 Å². The Labute approximate surface area is 91.2 Å². The average Bonchev–Trinajstić information content (AvgIpc) is 2.51. The maximum absolute atomic E-state index is 12.3. The first kappa shape index (κ1) is 12.6. The first-order valence-corrected chi connectivity index (χ1v) is 4.79. The van der Waals surface area contributed by atoms with Crippen LogP contribution in [0.2, 0.25) is 4.34 Å². The van der Waals surface area contributed by atoms with Crippen LogP contribution in [0.15, 0.2) is 0 Å². The second kappa shape index (κ2) is 5.04. The van der Waals surface area contributed by atoms with E-state index in [0.717, 1.165) is 11.5 Å². The van der Waals surface area contributed by atoms with Gasteiger partial charge in [0.15, 0.2) is 0 Å². The summed E-state index contributed by atoms with van der Waals surface area (Å²) in [5.41, 5.74) is 0.159. The van der Waals surface area contributed by atoms with E-state index in [0.29, 0.717) is 0 Å². The van der Waals surface area contributed by atoms with Gasteiger partial charge in [-0.05, 0) is 0 Å². The third kappa shape index (κ3) is 3.54. The Morgan fingerprint density at radius 2 is 2.13 bits per heavy atom. The third-order valence-electron chi connectivity index (χ3n) is 1.36. The maximum Gasteiger partial charge on any atom is 0.330 e. The molecule has 1 heterocycles. The minimum Gasteiger partial charge on any atom is -0.369 e. The molecule has 1 rings (SSSR count). The molecule has 0 bridgehead atoms. The number of rotatable bonds is 5. The van der Waals surface area contributed by atoms with Gasteiger partial charge in [0.05, 0.1) is 6.61 Å². The van der Waals surface area contributed by atoms with Crippen LogP contribution in [-0.2, 0) is 11.3 Å². The fourth-order valence-electron chi connectivity index (χ4n) is 0.630. The van der Waals surface area contributed by atoms with Crippen LogP contribution in [0.4, 0.5) is 17.6 Å². The van der Waals surface area contributed by atoms with Crippen molar-refractivity contribution in [1.82, 2.24) is 9.59 Å². The van der Waals surface area contributed by atoms with E-state index >= 15 is 0 Å². The standard InChI is InChI=1S/C6H5ClF4N2OS/c7-4-3(12-13-15-4)1-14-2-6(10,11)5(8)9/h5H,1-2H2. The van der Waals surface area contributed by atoms with E-state index in [1.54, 1.807) is 0 Å². The Morgan fingerprint density at radius 3 is 2.60 bits per heavy atom. The van der Waals surface area contributed by atoms with Gasteiger partial charge in [-0.25, -0.2) is 8.78 Å². The molecule has 0 aliphatic heterocycles. The second-order valence-electron chi connectivity index (χ2n) is 2.55. The van der Waals surface area contributed by atoms with Crippen molar-refractivity contribution in [2.24, 2.45) is 0 Å². The smallest absolute Gasteiger partial charge is 0.330 e. The van der Waals surface area contributed by atoms with Crippen LogP contribution in [0.3, 0.4) is 0 Å². The average molecular weight is 265 g/mol. The quantitative estimate of drug-likeness (QED) is 0.767. The molecule has 15 heavy (non-hydrogen) atoms. The molecule has 0 N–H and O–H groups in total. The fraction of sp³-hybridized carbons (Fsp3) is 0.667. The van der Waals surface area contributed by atoms with Crippen molar-refractivity contribution in [3.05, 3.63) is 10.0 Å². The van der Waals surface area contributed by atoms with E-state index in [4.69, 9.17) is 11.6 Å². The summed E-state index contributed by atoms with van der Waals surface area (Å²) in [4.78, 5) is 0. The van der Waals surface area contributed by atoms with Crippen molar-refractivity contribution >= 4 is 23.1 Å². The number of alkyl halides is 4. The van der Waals surface area contributed by atoms with E-state index in [1.165, 1.54) is 0 Å². The molecule has 86 valence electrons.